The van der Waals surface area contributed by atoms with Crippen LogP contribution in [0.4, 0.5) is 5.69 Å². The van der Waals surface area contributed by atoms with Crippen molar-refractivity contribution in [2.75, 3.05) is 7.11 Å². The van der Waals surface area contributed by atoms with Crippen molar-refractivity contribution in [2.24, 2.45) is 4.99 Å². The molecular formula is C22H19BrClNO2. The van der Waals surface area contributed by atoms with E-state index in [1.54, 1.807) is 13.3 Å². The summed E-state index contributed by atoms with van der Waals surface area (Å²) >= 11 is 9.76. The number of aryl methyl sites for hydroxylation is 1. The van der Waals surface area contributed by atoms with Gasteiger partial charge < -0.3 is 9.47 Å². The smallest absolute Gasteiger partial charge is 0.175 e. The van der Waals surface area contributed by atoms with Crippen LogP contribution in [0.2, 0.25) is 5.02 Å². The largest absolute Gasteiger partial charge is 0.493 e. The summed E-state index contributed by atoms with van der Waals surface area (Å²) in [5.41, 5.74) is 3.93. The second kappa shape index (κ2) is 9.07. The lowest BCUT2D eigenvalue weighted by Crippen LogP contribution is -2.00. The Kier molecular flexibility index (Phi) is 6.54. The Morgan fingerprint density at radius 2 is 1.81 bits per heavy atom. The first-order valence-electron chi connectivity index (χ1n) is 8.41. The summed E-state index contributed by atoms with van der Waals surface area (Å²) in [4.78, 5) is 4.51. The lowest BCUT2D eigenvalue weighted by Gasteiger charge is -2.14. The van der Waals surface area contributed by atoms with E-state index in [0.29, 0.717) is 23.1 Å². The minimum atomic E-state index is 0.353. The molecule has 0 unspecified atom stereocenters. The third-order valence-electron chi connectivity index (χ3n) is 3.98. The van der Waals surface area contributed by atoms with Crippen LogP contribution in [0.3, 0.4) is 0 Å². The van der Waals surface area contributed by atoms with E-state index < -0.39 is 0 Å². The zero-order chi connectivity index (χ0) is 19.2. The van der Waals surface area contributed by atoms with Crippen LogP contribution in [0.5, 0.6) is 11.5 Å². The number of halogens is 2. The van der Waals surface area contributed by atoms with Crippen molar-refractivity contribution in [1.82, 2.24) is 0 Å². The number of hydrogen-bond donors (Lipinski definition) is 0. The minimum Gasteiger partial charge on any atom is -0.493 e. The summed E-state index contributed by atoms with van der Waals surface area (Å²) in [6, 6.07) is 19.5. The molecule has 138 valence electrons. The van der Waals surface area contributed by atoms with Crippen LogP contribution in [-0.4, -0.2) is 13.3 Å². The van der Waals surface area contributed by atoms with Gasteiger partial charge in [0, 0.05) is 16.8 Å². The van der Waals surface area contributed by atoms with E-state index in [1.807, 2.05) is 60.7 Å². The molecule has 0 spiro atoms. The molecule has 0 aliphatic carbocycles. The average molecular weight is 445 g/mol. The van der Waals surface area contributed by atoms with Gasteiger partial charge in [0.2, 0.25) is 0 Å². The summed E-state index contributed by atoms with van der Waals surface area (Å²) in [5.74, 6) is 1.26. The van der Waals surface area contributed by atoms with E-state index in [9.17, 15) is 0 Å². The van der Waals surface area contributed by atoms with Gasteiger partial charge in [-0.05, 0) is 58.7 Å². The summed E-state index contributed by atoms with van der Waals surface area (Å²) in [6.07, 6.45) is 1.80. The van der Waals surface area contributed by atoms with Crippen LogP contribution in [0.15, 0.2) is 70.1 Å². The number of aliphatic imine (C=N–C) groups is 1. The summed E-state index contributed by atoms with van der Waals surface area (Å²) in [5, 5.41) is 0.675. The molecule has 27 heavy (non-hydrogen) atoms. The predicted octanol–water partition coefficient (Wildman–Crippen LogP) is 6.75. The Morgan fingerprint density at radius 3 is 2.52 bits per heavy atom. The van der Waals surface area contributed by atoms with Crippen LogP contribution >= 0.6 is 27.5 Å². The van der Waals surface area contributed by atoms with Gasteiger partial charge in [-0.3, -0.25) is 4.99 Å². The van der Waals surface area contributed by atoms with Crippen molar-refractivity contribution in [3.05, 3.63) is 86.8 Å². The molecule has 0 aliphatic rings. The molecule has 0 bridgehead atoms. The third kappa shape index (κ3) is 5.12. The Hall–Kier alpha value is -2.30. The fraction of sp³-hybridized carbons (Fsp3) is 0.136. The Balaban J connectivity index is 1.80. The SMILES string of the molecule is COc1cc(C=Nc2ccc(C)cc2)cc(Br)c1OCc1ccccc1Cl. The van der Waals surface area contributed by atoms with Crippen molar-refractivity contribution in [3.8, 4) is 11.5 Å². The molecule has 5 heteroatoms. The molecule has 3 rings (SSSR count). The first-order chi connectivity index (χ1) is 13.1. The summed E-state index contributed by atoms with van der Waals surface area (Å²) in [6.45, 7) is 2.41. The second-order valence-corrected chi connectivity index (χ2v) is 7.27. The molecule has 0 radical (unpaired) electrons. The number of rotatable bonds is 6. The highest BCUT2D eigenvalue weighted by Crippen LogP contribution is 2.37. The standard InChI is InChI=1S/C22H19BrClNO2/c1-15-7-9-18(10-8-15)25-13-16-11-19(23)22(21(12-16)26-2)27-14-17-5-3-4-6-20(17)24/h3-13H,14H2,1-2H3. The fourth-order valence-electron chi connectivity index (χ4n) is 2.50. The highest BCUT2D eigenvalue weighted by Gasteiger charge is 2.12. The molecule has 0 fully saturated rings. The molecule has 0 saturated heterocycles. The molecule has 3 aromatic carbocycles. The van der Waals surface area contributed by atoms with E-state index >= 15 is 0 Å². The van der Waals surface area contributed by atoms with Crippen molar-refractivity contribution < 1.29 is 9.47 Å². The normalized spacial score (nSPS) is 11.0. The average Bonchev–Trinajstić information content (AvgIpc) is 2.67. The second-order valence-electron chi connectivity index (χ2n) is 6.01. The van der Waals surface area contributed by atoms with E-state index in [2.05, 4.69) is 27.8 Å². The Morgan fingerprint density at radius 1 is 1.07 bits per heavy atom. The fourth-order valence-corrected chi connectivity index (χ4v) is 3.26. The lowest BCUT2D eigenvalue weighted by atomic mass is 10.2. The van der Waals surface area contributed by atoms with E-state index in [0.717, 1.165) is 21.3 Å². The van der Waals surface area contributed by atoms with Gasteiger partial charge in [-0.1, -0.05) is 47.5 Å². The van der Waals surface area contributed by atoms with Gasteiger partial charge in [-0.15, -0.1) is 0 Å². The maximum Gasteiger partial charge on any atom is 0.175 e. The lowest BCUT2D eigenvalue weighted by molar-refractivity contribution is 0.282. The number of hydrogen-bond acceptors (Lipinski definition) is 3. The molecule has 0 atom stereocenters. The summed E-state index contributed by atoms with van der Waals surface area (Å²) < 4.78 is 12.3. The van der Waals surface area contributed by atoms with E-state index in [4.69, 9.17) is 21.1 Å². The predicted molar refractivity (Wildman–Crippen MR) is 115 cm³/mol. The third-order valence-corrected chi connectivity index (χ3v) is 4.94. The first kappa shape index (κ1) is 19.5. The van der Waals surface area contributed by atoms with Crippen molar-refractivity contribution in [1.29, 1.82) is 0 Å². The zero-order valence-corrected chi connectivity index (χ0v) is 17.4. The monoisotopic (exact) mass is 443 g/mol. The molecule has 0 saturated carbocycles. The van der Waals surface area contributed by atoms with Crippen molar-refractivity contribution in [2.45, 2.75) is 13.5 Å². The van der Waals surface area contributed by atoms with Gasteiger partial charge >= 0.3 is 0 Å². The number of nitrogens with zero attached hydrogens (tertiary/aromatic N) is 1. The maximum absolute atomic E-state index is 6.20. The van der Waals surface area contributed by atoms with Gasteiger partial charge in [0.05, 0.1) is 17.3 Å². The van der Waals surface area contributed by atoms with Gasteiger partial charge in [-0.2, -0.15) is 0 Å². The minimum absolute atomic E-state index is 0.353. The molecule has 0 heterocycles. The van der Waals surface area contributed by atoms with Gasteiger partial charge in [-0.25, -0.2) is 0 Å². The van der Waals surface area contributed by atoms with E-state index in [-0.39, 0.29) is 0 Å². The Labute approximate surface area is 172 Å². The zero-order valence-electron chi connectivity index (χ0n) is 15.1. The molecule has 0 N–H and O–H groups in total. The van der Waals surface area contributed by atoms with Gasteiger partial charge in [0.15, 0.2) is 11.5 Å². The molecule has 0 aliphatic heterocycles. The Bertz CT molecular complexity index is 955. The number of methoxy groups -OCH3 is 1. The molecule has 0 aromatic heterocycles. The highest BCUT2D eigenvalue weighted by molar-refractivity contribution is 9.10. The molecule has 3 nitrogen and oxygen atoms in total. The van der Waals surface area contributed by atoms with Crippen LogP contribution in [0.1, 0.15) is 16.7 Å². The van der Waals surface area contributed by atoms with Crippen LogP contribution in [0, 0.1) is 6.92 Å². The first-order valence-corrected chi connectivity index (χ1v) is 9.58. The molecular weight excluding hydrogens is 426 g/mol. The van der Waals surface area contributed by atoms with Crippen LogP contribution < -0.4 is 9.47 Å². The van der Waals surface area contributed by atoms with Crippen molar-refractivity contribution in [3.63, 3.8) is 0 Å². The topological polar surface area (TPSA) is 30.8 Å². The van der Waals surface area contributed by atoms with Crippen LogP contribution in [-0.2, 0) is 6.61 Å². The number of benzene rings is 3. The van der Waals surface area contributed by atoms with Gasteiger partial charge in [0.25, 0.3) is 0 Å². The summed E-state index contributed by atoms with van der Waals surface area (Å²) in [7, 11) is 1.62. The van der Waals surface area contributed by atoms with Crippen molar-refractivity contribution >= 4 is 39.4 Å². The maximum atomic E-state index is 6.20. The van der Waals surface area contributed by atoms with Gasteiger partial charge in [0.1, 0.15) is 6.61 Å². The van der Waals surface area contributed by atoms with Crippen LogP contribution in [0.25, 0.3) is 0 Å². The molecule has 3 aromatic rings. The quantitative estimate of drug-likeness (QED) is 0.394. The number of ether oxygens (including phenoxy) is 2. The highest BCUT2D eigenvalue weighted by atomic mass is 79.9. The van der Waals surface area contributed by atoms with E-state index in [1.165, 1.54) is 5.56 Å². The molecule has 0 amide bonds.